The van der Waals surface area contributed by atoms with E-state index in [4.69, 9.17) is 21.1 Å². The summed E-state index contributed by atoms with van der Waals surface area (Å²) in [6.07, 6.45) is 2.10. The second-order valence-electron chi connectivity index (χ2n) is 4.18. The number of piperidine rings is 1. The van der Waals surface area contributed by atoms with Crippen molar-refractivity contribution >= 4 is 17.6 Å². The first-order valence-corrected chi connectivity index (χ1v) is 5.97. The van der Waals surface area contributed by atoms with Gasteiger partial charge in [0, 0.05) is 19.7 Å². The van der Waals surface area contributed by atoms with E-state index in [1.54, 1.807) is 6.92 Å². The van der Waals surface area contributed by atoms with Crippen molar-refractivity contribution in [2.75, 3.05) is 24.6 Å². The van der Waals surface area contributed by atoms with E-state index in [2.05, 4.69) is 10.2 Å². The Morgan fingerprint density at radius 2 is 2.44 bits per heavy atom. The highest BCUT2D eigenvalue weighted by atomic mass is 35.5. The first-order valence-electron chi connectivity index (χ1n) is 5.54. The van der Waals surface area contributed by atoms with E-state index >= 15 is 0 Å². The smallest absolute Gasteiger partial charge is 0.318 e. The predicted octanol–water partition coefficient (Wildman–Crippen LogP) is 1.58. The molecule has 0 saturated carbocycles. The van der Waals surface area contributed by atoms with Gasteiger partial charge in [0.15, 0.2) is 0 Å². The van der Waals surface area contributed by atoms with Crippen LogP contribution in [0.25, 0.3) is 0 Å². The van der Waals surface area contributed by atoms with Crippen LogP contribution in [0.5, 0.6) is 0 Å². The standard InChI is InChI=1S/C10H16ClN3O2/c1-7(11)9-12-13-10(16-9)14-4-2-3-8(5-14)6-15/h7-8,15H,2-6H2,1H3. The zero-order chi connectivity index (χ0) is 11.5. The molecule has 1 fully saturated rings. The number of hydrogen-bond acceptors (Lipinski definition) is 5. The van der Waals surface area contributed by atoms with Crippen LogP contribution >= 0.6 is 11.6 Å². The highest BCUT2D eigenvalue weighted by Crippen LogP contribution is 2.25. The number of halogens is 1. The Labute approximate surface area is 99.4 Å². The number of hydrogen-bond donors (Lipinski definition) is 1. The summed E-state index contributed by atoms with van der Waals surface area (Å²) in [5.74, 6) is 0.750. The van der Waals surface area contributed by atoms with Crippen LogP contribution in [0.2, 0.25) is 0 Å². The summed E-state index contributed by atoms with van der Waals surface area (Å²) in [5, 5.41) is 16.7. The SMILES string of the molecule is CC(Cl)c1nnc(N2CCCC(CO)C2)o1. The van der Waals surface area contributed by atoms with Gasteiger partial charge in [-0.3, -0.25) is 0 Å². The van der Waals surface area contributed by atoms with Crippen LogP contribution < -0.4 is 4.90 Å². The summed E-state index contributed by atoms with van der Waals surface area (Å²) in [6, 6.07) is 0.514. The molecule has 90 valence electrons. The third kappa shape index (κ3) is 2.47. The number of nitrogens with zero attached hydrogens (tertiary/aromatic N) is 3. The lowest BCUT2D eigenvalue weighted by atomic mass is 10.00. The number of aliphatic hydroxyl groups excluding tert-OH is 1. The van der Waals surface area contributed by atoms with E-state index in [-0.39, 0.29) is 12.0 Å². The van der Waals surface area contributed by atoms with Gasteiger partial charge in [0.1, 0.15) is 5.38 Å². The zero-order valence-electron chi connectivity index (χ0n) is 9.27. The first kappa shape index (κ1) is 11.7. The maximum atomic E-state index is 9.13. The molecule has 5 nitrogen and oxygen atoms in total. The fraction of sp³-hybridized carbons (Fsp3) is 0.800. The summed E-state index contributed by atoms with van der Waals surface area (Å²) in [5.41, 5.74) is 0. The van der Waals surface area contributed by atoms with Crippen LogP contribution in [0.1, 0.15) is 31.0 Å². The van der Waals surface area contributed by atoms with Crippen molar-refractivity contribution in [3.63, 3.8) is 0 Å². The Balaban J connectivity index is 2.05. The minimum Gasteiger partial charge on any atom is -0.406 e. The molecule has 1 aromatic heterocycles. The first-order chi connectivity index (χ1) is 7.70. The van der Waals surface area contributed by atoms with Gasteiger partial charge in [-0.1, -0.05) is 5.10 Å². The van der Waals surface area contributed by atoms with Gasteiger partial charge in [0.2, 0.25) is 5.89 Å². The van der Waals surface area contributed by atoms with Crippen molar-refractivity contribution in [3.8, 4) is 0 Å². The van der Waals surface area contributed by atoms with Crippen LogP contribution in [-0.2, 0) is 0 Å². The fourth-order valence-electron chi connectivity index (χ4n) is 1.90. The molecule has 2 rings (SSSR count). The third-order valence-corrected chi connectivity index (χ3v) is 3.00. The molecular formula is C10H16ClN3O2. The second kappa shape index (κ2) is 5.01. The van der Waals surface area contributed by atoms with E-state index in [0.717, 1.165) is 25.9 Å². The summed E-state index contributed by atoms with van der Waals surface area (Å²) in [4.78, 5) is 2.01. The lowest BCUT2D eigenvalue weighted by Crippen LogP contribution is -2.37. The molecule has 6 heteroatoms. The Bertz CT molecular complexity index is 343. The van der Waals surface area contributed by atoms with Crippen molar-refractivity contribution in [2.24, 2.45) is 5.92 Å². The summed E-state index contributed by atoms with van der Waals surface area (Å²) >= 11 is 5.86. The van der Waals surface area contributed by atoms with Gasteiger partial charge in [0.25, 0.3) is 0 Å². The molecule has 1 saturated heterocycles. The maximum absolute atomic E-state index is 9.13. The largest absolute Gasteiger partial charge is 0.406 e. The van der Waals surface area contributed by atoms with Crippen molar-refractivity contribution < 1.29 is 9.52 Å². The Kier molecular flexibility index (Phi) is 3.66. The average Bonchev–Trinajstić information content (AvgIpc) is 2.78. The third-order valence-electron chi connectivity index (χ3n) is 2.82. The molecule has 2 atom stereocenters. The van der Waals surface area contributed by atoms with Gasteiger partial charge in [-0.2, -0.15) is 0 Å². The van der Waals surface area contributed by atoms with Gasteiger partial charge in [-0.15, -0.1) is 16.7 Å². The van der Waals surface area contributed by atoms with Crippen LogP contribution in [0, 0.1) is 5.92 Å². The summed E-state index contributed by atoms with van der Waals surface area (Å²) in [7, 11) is 0. The quantitative estimate of drug-likeness (QED) is 0.820. The highest BCUT2D eigenvalue weighted by Gasteiger charge is 2.23. The predicted molar refractivity (Wildman–Crippen MR) is 60.6 cm³/mol. The molecule has 0 spiro atoms. The maximum Gasteiger partial charge on any atom is 0.318 e. The number of alkyl halides is 1. The molecular weight excluding hydrogens is 230 g/mol. The fourth-order valence-corrected chi connectivity index (χ4v) is 1.99. The molecule has 1 N–H and O–H groups in total. The van der Waals surface area contributed by atoms with Crippen molar-refractivity contribution in [3.05, 3.63) is 5.89 Å². The topological polar surface area (TPSA) is 62.4 Å². The molecule has 2 unspecified atom stereocenters. The number of aliphatic hydroxyl groups is 1. The van der Waals surface area contributed by atoms with E-state index in [1.807, 2.05) is 4.90 Å². The number of anilines is 1. The normalized spacial score (nSPS) is 23.4. The highest BCUT2D eigenvalue weighted by molar-refractivity contribution is 6.20. The average molecular weight is 246 g/mol. The number of aromatic nitrogens is 2. The molecule has 16 heavy (non-hydrogen) atoms. The van der Waals surface area contributed by atoms with Gasteiger partial charge >= 0.3 is 6.01 Å². The van der Waals surface area contributed by atoms with Crippen LogP contribution in [0.15, 0.2) is 4.42 Å². The zero-order valence-corrected chi connectivity index (χ0v) is 10.0. The Hall–Kier alpha value is -0.810. The van der Waals surface area contributed by atoms with Crippen molar-refractivity contribution in [2.45, 2.75) is 25.1 Å². The summed E-state index contributed by atoms with van der Waals surface area (Å²) < 4.78 is 5.47. The lowest BCUT2D eigenvalue weighted by molar-refractivity contribution is 0.206. The molecule has 0 amide bonds. The molecule has 2 heterocycles. The second-order valence-corrected chi connectivity index (χ2v) is 4.83. The van der Waals surface area contributed by atoms with Gasteiger partial charge < -0.3 is 14.4 Å². The molecule has 0 bridgehead atoms. The van der Waals surface area contributed by atoms with Gasteiger partial charge in [-0.25, -0.2) is 0 Å². The Morgan fingerprint density at radius 3 is 3.06 bits per heavy atom. The minimum atomic E-state index is -0.264. The van der Waals surface area contributed by atoms with Crippen LogP contribution in [0.3, 0.4) is 0 Å². The van der Waals surface area contributed by atoms with Crippen molar-refractivity contribution in [1.82, 2.24) is 10.2 Å². The lowest BCUT2D eigenvalue weighted by Gasteiger charge is -2.30. The van der Waals surface area contributed by atoms with Crippen LogP contribution in [-0.4, -0.2) is 35.0 Å². The molecule has 1 aromatic rings. The van der Waals surface area contributed by atoms with E-state index in [1.165, 1.54) is 0 Å². The molecule has 1 aliphatic heterocycles. The Morgan fingerprint density at radius 1 is 1.62 bits per heavy atom. The van der Waals surface area contributed by atoms with Crippen molar-refractivity contribution in [1.29, 1.82) is 0 Å². The van der Waals surface area contributed by atoms with Gasteiger partial charge in [0.05, 0.1) is 0 Å². The van der Waals surface area contributed by atoms with Crippen LogP contribution in [0.4, 0.5) is 6.01 Å². The van der Waals surface area contributed by atoms with E-state index in [9.17, 15) is 0 Å². The summed E-state index contributed by atoms with van der Waals surface area (Å²) in [6.45, 7) is 3.68. The van der Waals surface area contributed by atoms with E-state index in [0.29, 0.717) is 17.8 Å². The molecule has 0 aromatic carbocycles. The van der Waals surface area contributed by atoms with E-state index < -0.39 is 0 Å². The molecule has 0 radical (unpaired) electrons. The monoisotopic (exact) mass is 245 g/mol. The number of rotatable bonds is 3. The molecule has 0 aliphatic carbocycles. The minimum absolute atomic E-state index is 0.212. The van der Waals surface area contributed by atoms with Gasteiger partial charge in [-0.05, 0) is 25.7 Å². The molecule has 1 aliphatic rings.